The summed E-state index contributed by atoms with van der Waals surface area (Å²) < 4.78 is 0.839. The van der Waals surface area contributed by atoms with Crippen molar-refractivity contribution in [3.05, 3.63) is 52.8 Å². The molecular formula is C13H12BrN3O. The molecule has 5 heteroatoms. The van der Waals surface area contributed by atoms with Crippen molar-refractivity contribution in [1.82, 2.24) is 4.98 Å². The van der Waals surface area contributed by atoms with Crippen LogP contribution in [0.1, 0.15) is 10.5 Å². The highest BCUT2D eigenvalue weighted by Gasteiger charge is 2.14. The number of hydrogen-bond donors (Lipinski definition) is 1. The SMILES string of the molecule is CN(C(=O)c1ccc(Br)cn1)c1cccc(N)c1. The summed E-state index contributed by atoms with van der Waals surface area (Å²) in [5.74, 6) is -0.173. The van der Waals surface area contributed by atoms with Crippen molar-refractivity contribution in [3.63, 3.8) is 0 Å². The van der Waals surface area contributed by atoms with Gasteiger partial charge in [-0.2, -0.15) is 0 Å². The molecule has 1 aromatic heterocycles. The molecule has 18 heavy (non-hydrogen) atoms. The molecule has 1 heterocycles. The van der Waals surface area contributed by atoms with Gasteiger partial charge in [0.15, 0.2) is 0 Å². The van der Waals surface area contributed by atoms with E-state index in [0.717, 1.165) is 10.2 Å². The standard InChI is InChI=1S/C13H12BrN3O/c1-17(11-4-2-3-10(15)7-11)13(18)12-6-5-9(14)8-16-12/h2-8H,15H2,1H3. The molecule has 92 valence electrons. The molecule has 0 aliphatic rings. The molecule has 0 saturated heterocycles. The van der Waals surface area contributed by atoms with Crippen molar-refractivity contribution in [1.29, 1.82) is 0 Å². The highest BCUT2D eigenvalue weighted by Crippen LogP contribution is 2.18. The molecule has 1 aromatic carbocycles. The summed E-state index contributed by atoms with van der Waals surface area (Å²) in [4.78, 5) is 17.8. The highest BCUT2D eigenvalue weighted by atomic mass is 79.9. The van der Waals surface area contributed by atoms with Crippen LogP contribution in [0.2, 0.25) is 0 Å². The quantitative estimate of drug-likeness (QED) is 0.868. The summed E-state index contributed by atoms with van der Waals surface area (Å²) in [5.41, 5.74) is 7.45. The van der Waals surface area contributed by atoms with Gasteiger partial charge in [-0.3, -0.25) is 4.79 Å². The Hall–Kier alpha value is -1.88. The second-order valence-electron chi connectivity index (χ2n) is 3.82. The molecule has 0 spiro atoms. The number of hydrogen-bond acceptors (Lipinski definition) is 3. The summed E-state index contributed by atoms with van der Waals surface area (Å²) in [5, 5.41) is 0. The van der Waals surface area contributed by atoms with Gasteiger partial charge in [-0.05, 0) is 46.3 Å². The maximum atomic E-state index is 12.2. The Morgan fingerprint density at radius 2 is 2.11 bits per heavy atom. The molecule has 0 aliphatic carbocycles. The molecule has 4 nitrogen and oxygen atoms in total. The summed E-state index contributed by atoms with van der Waals surface area (Å²) in [6.45, 7) is 0. The van der Waals surface area contributed by atoms with Crippen molar-refractivity contribution < 1.29 is 4.79 Å². The third-order valence-electron chi connectivity index (χ3n) is 2.51. The number of carbonyl (C=O) groups is 1. The van der Waals surface area contributed by atoms with Gasteiger partial charge in [-0.25, -0.2) is 4.98 Å². The van der Waals surface area contributed by atoms with Gasteiger partial charge in [0.1, 0.15) is 5.69 Å². The largest absolute Gasteiger partial charge is 0.399 e. The lowest BCUT2D eigenvalue weighted by Crippen LogP contribution is -2.27. The topological polar surface area (TPSA) is 59.2 Å². The maximum absolute atomic E-state index is 12.2. The van der Waals surface area contributed by atoms with Gasteiger partial charge in [0.25, 0.3) is 5.91 Å². The number of carbonyl (C=O) groups excluding carboxylic acids is 1. The molecular weight excluding hydrogens is 294 g/mol. The Balaban J connectivity index is 2.26. The van der Waals surface area contributed by atoms with E-state index in [1.165, 1.54) is 4.90 Å². The zero-order valence-electron chi connectivity index (χ0n) is 9.80. The lowest BCUT2D eigenvalue weighted by Gasteiger charge is -2.17. The van der Waals surface area contributed by atoms with Crippen LogP contribution in [0, 0.1) is 0 Å². The van der Waals surface area contributed by atoms with Crippen LogP contribution in [0.3, 0.4) is 0 Å². The molecule has 2 N–H and O–H groups in total. The lowest BCUT2D eigenvalue weighted by molar-refractivity contribution is 0.0988. The first-order valence-electron chi connectivity index (χ1n) is 5.33. The predicted octanol–water partition coefficient (Wildman–Crippen LogP) is 2.70. The van der Waals surface area contributed by atoms with Gasteiger partial charge in [0, 0.05) is 29.1 Å². The molecule has 1 amide bonds. The molecule has 0 saturated carbocycles. The molecule has 0 fully saturated rings. The molecule has 0 radical (unpaired) electrons. The van der Waals surface area contributed by atoms with Crippen molar-refractivity contribution in [2.24, 2.45) is 0 Å². The lowest BCUT2D eigenvalue weighted by atomic mass is 10.2. The van der Waals surface area contributed by atoms with Crippen LogP contribution in [0.5, 0.6) is 0 Å². The van der Waals surface area contributed by atoms with Gasteiger partial charge in [0.05, 0.1) is 0 Å². The fraction of sp³-hybridized carbons (Fsp3) is 0.0769. The van der Waals surface area contributed by atoms with E-state index in [4.69, 9.17) is 5.73 Å². The van der Waals surface area contributed by atoms with Crippen LogP contribution in [0.15, 0.2) is 47.1 Å². The van der Waals surface area contributed by atoms with Gasteiger partial charge >= 0.3 is 0 Å². The molecule has 0 bridgehead atoms. The van der Waals surface area contributed by atoms with Crippen LogP contribution >= 0.6 is 15.9 Å². The monoisotopic (exact) mass is 305 g/mol. The fourth-order valence-electron chi connectivity index (χ4n) is 1.52. The first kappa shape index (κ1) is 12.6. The number of amides is 1. The van der Waals surface area contributed by atoms with E-state index >= 15 is 0 Å². The van der Waals surface area contributed by atoms with Gasteiger partial charge in [-0.15, -0.1) is 0 Å². The number of halogens is 1. The van der Waals surface area contributed by atoms with Crippen molar-refractivity contribution in [2.45, 2.75) is 0 Å². The zero-order chi connectivity index (χ0) is 13.1. The first-order chi connectivity index (χ1) is 8.58. The second-order valence-corrected chi connectivity index (χ2v) is 4.74. The number of benzene rings is 1. The van der Waals surface area contributed by atoms with Crippen LogP contribution in [-0.4, -0.2) is 17.9 Å². The summed E-state index contributed by atoms with van der Waals surface area (Å²) in [7, 11) is 1.70. The van der Waals surface area contributed by atoms with E-state index in [1.54, 1.807) is 37.5 Å². The second kappa shape index (κ2) is 5.18. The molecule has 2 aromatic rings. The van der Waals surface area contributed by atoms with Crippen molar-refractivity contribution >= 4 is 33.2 Å². The number of nitrogens with zero attached hydrogens (tertiary/aromatic N) is 2. The zero-order valence-corrected chi connectivity index (χ0v) is 11.4. The maximum Gasteiger partial charge on any atom is 0.276 e. The first-order valence-corrected chi connectivity index (χ1v) is 6.12. The third kappa shape index (κ3) is 2.68. The van der Waals surface area contributed by atoms with Crippen LogP contribution in [0.4, 0.5) is 11.4 Å². The van der Waals surface area contributed by atoms with Gasteiger partial charge in [-0.1, -0.05) is 6.07 Å². The van der Waals surface area contributed by atoms with Crippen LogP contribution in [0.25, 0.3) is 0 Å². The summed E-state index contributed by atoms with van der Waals surface area (Å²) >= 11 is 3.28. The Bertz CT molecular complexity index is 569. The average Bonchev–Trinajstić information content (AvgIpc) is 2.38. The predicted molar refractivity (Wildman–Crippen MR) is 75.5 cm³/mol. The van der Waals surface area contributed by atoms with Crippen molar-refractivity contribution in [2.75, 3.05) is 17.7 Å². The summed E-state index contributed by atoms with van der Waals surface area (Å²) in [6, 6.07) is 10.6. The minimum absolute atomic E-state index is 0.173. The minimum Gasteiger partial charge on any atom is -0.399 e. The van der Waals surface area contributed by atoms with E-state index in [2.05, 4.69) is 20.9 Å². The fourth-order valence-corrected chi connectivity index (χ4v) is 1.76. The number of nitrogens with two attached hydrogens (primary N) is 1. The molecule has 2 rings (SSSR count). The number of anilines is 2. The average molecular weight is 306 g/mol. The van der Waals surface area contributed by atoms with E-state index in [-0.39, 0.29) is 5.91 Å². The minimum atomic E-state index is -0.173. The Labute approximate surface area is 114 Å². The number of pyridine rings is 1. The third-order valence-corrected chi connectivity index (χ3v) is 2.98. The van der Waals surface area contributed by atoms with Gasteiger partial charge in [0.2, 0.25) is 0 Å². The van der Waals surface area contributed by atoms with Crippen LogP contribution in [-0.2, 0) is 0 Å². The van der Waals surface area contributed by atoms with E-state index < -0.39 is 0 Å². The number of nitrogen functional groups attached to an aromatic ring is 1. The molecule has 0 aliphatic heterocycles. The Morgan fingerprint density at radius 1 is 1.33 bits per heavy atom. The van der Waals surface area contributed by atoms with Crippen molar-refractivity contribution in [3.8, 4) is 0 Å². The number of rotatable bonds is 2. The van der Waals surface area contributed by atoms with Crippen LogP contribution < -0.4 is 10.6 Å². The summed E-state index contributed by atoms with van der Waals surface area (Å²) in [6.07, 6.45) is 1.60. The Kier molecular flexibility index (Phi) is 3.62. The van der Waals surface area contributed by atoms with E-state index in [1.807, 2.05) is 12.1 Å². The molecule has 0 unspecified atom stereocenters. The number of aromatic nitrogens is 1. The smallest absolute Gasteiger partial charge is 0.276 e. The van der Waals surface area contributed by atoms with Gasteiger partial charge < -0.3 is 10.6 Å². The molecule has 0 atom stereocenters. The Morgan fingerprint density at radius 3 is 2.72 bits per heavy atom. The normalized spacial score (nSPS) is 10.1. The highest BCUT2D eigenvalue weighted by molar-refractivity contribution is 9.10. The van der Waals surface area contributed by atoms with E-state index in [0.29, 0.717) is 11.4 Å². The van der Waals surface area contributed by atoms with E-state index in [9.17, 15) is 4.79 Å².